The van der Waals surface area contributed by atoms with Crippen molar-refractivity contribution in [3.63, 3.8) is 0 Å². The first-order valence-electron chi connectivity index (χ1n) is 5.37. The molecule has 0 radical (unpaired) electrons. The van der Waals surface area contributed by atoms with Crippen LogP contribution < -0.4 is 4.90 Å². The number of anilines is 1. The first-order chi connectivity index (χ1) is 7.29. The highest BCUT2D eigenvalue weighted by atomic mass is 16.1. The maximum absolute atomic E-state index is 8.00. The Kier molecular flexibility index (Phi) is 4.35. The van der Waals surface area contributed by atoms with Gasteiger partial charge in [-0.1, -0.05) is 12.1 Å². The largest absolute Gasteiger partial charge is 0.374 e. The number of nitrogens with zero attached hydrogens (tertiary/aromatic N) is 1. The molecule has 1 aromatic carbocycles. The Hall–Kier alpha value is -1.31. The third-order valence-electron chi connectivity index (χ3n) is 2.97. The molecule has 0 unspecified atom stereocenters. The van der Waals surface area contributed by atoms with Crippen molar-refractivity contribution < 1.29 is 4.79 Å². The number of hydrogen-bond acceptors (Lipinski definition) is 2. The minimum Gasteiger partial charge on any atom is -0.374 e. The van der Waals surface area contributed by atoms with E-state index in [2.05, 4.69) is 37.1 Å². The molecule has 2 rings (SSSR count). The highest BCUT2D eigenvalue weighted by molar-refractivity contribution is 5.56. The summed E-state index contributed by atoms with van der Waals surface area (Å²) in [6.07, 6.45) is 3.92. The highest BCUT2D eigenvalue weighted by Gasteiger charge is 2.12. The maximum Gasteiger partial charge on any atom is 0.106 e. The van der Waals surface area contributed by atoms with Crippen molar-refractivity contribution in [2.45, 2.75) is 26.2 Å². The molecule has 2 nitrogen and oxygen atoms in total. The van der Waals surface area contributed by atoms with E-state index < -0.39 is 0 Å². The molecule has 0 N–H and O–H groups in total. The summed E-state index contributed by atoms with van der Waals surface area (Å²) in [7, 11) is 2.20. The summed E-state index contributed by atoms with van der Waals surface area (Å²) in [5.41, 5.74) is 4.45. The molecule has 1 aliphatic heterocycles. The standard InChI is InChI=1S/C12H17N.CH2O/c1-10-6-5-8-12-11(10)7-3-4-9-13(12)2;1-2/h5-6,8H,3-4,7,9H2,1-2H3;1H2. The molecule has 0 saturated carbocycles. The van der Waals surface area contributed by atoms with Gasteiger partial charge < -0.3 is 9.69 Å². The topological polar surface area (TPSA) is 20.3 Å². The second-order valence-corrected chi connectivity index (χ2v) is 3.95. The Morgan fingerprint density at radius 3 is 2.73 bits per heavy atom. The molecule has 1 aromatic rings. The summed E-state index contributed by atoms with van der Waals surface area (Å²) in [5, 5.41) is 0. The smallest absolute Gasteiger partial charge is 0.106 e. The number of carbonyl (C=O) groups is 1. The molecule has 1 heterocycles. The van der Waals surface area contributed by atoms with E-state index in [1.54, 1.807) is 5.56 Å². The van der Waals surface area contributed by atoms with Crippen molar-refractivity contribution in [3.8, 4) is 0 Å². The van der Waals surface area contributed by atoms with Crippen LogP contribution in [0.2, 0.25) is 0 Å². The lowest BCUT2D eigenvalue weighted by Crippen LogP contribution is -2.17. The second-order valence-electron chi connectivity index (χ2n) is 3.95. The molecule has 82 valence electrons. The average molecular weight is 205 g/mol. The summed E-state index contributed by atoms with van der Waals surface area (Å²) in [5.74, 6) is 0. The summed E-state index contributed by atoms with van der Waals surface area (Å²) < 4.78 is 0. The van der Waals surface area contributed by atoms with Crippen molar-refractivity contribution in [3.05, 3.63) is 29.3 Å². The summed E-state index contributed by atoms with van der Waals surface area (Å²) in [6, 6.07) is 6.63. The molecule has 0 saturated heterocycles. The van der Waals surface area contributed by atoms with Crippen molar-refractivity contribution in [1.29, 1.82) is 0 Å². The third kappa shape index (κ3) is 2.58. The van der Waals surface area contributed by atoms with Crippen LogP contribution in [0, 0.1) is 6.92 Å². The van der Waals surface area contributed by atoms with Crippen LogP contribution in [0.3, 0.4) is 0 Å². The predicted octanol–water partition coefficient (Wildman–Crippen LogP) is 2.58. The summed E-state index contributed by atoms with van der Waals surface area (Å²) in [4.78, 5) is 10.4. The lowest BCUT2D eigenvalue weighted by molar-refractivity contribution is -0.0979. The highest BCUT2D eigenvalue weighted by Crippen LogP contribution is 2.27. The van der Waals surface area contributed by atoms with E-state index >= 15 is 0 Å². The van der Waals surface area contributed by atoms with Gasteiger partial charge in [-0.05, 0) is 43.4 Å². The van der Waals surface area contributed by atoms with E-state index in [9.17, 15) is 0 Å². The van der Waals surface area contributed by atoms with Gasteiger partial charge >= 0.3 is 0 Å². The number of rotatable bonds is 0. The summed E-state index contributed by atoms with van der Waals surface area (Å²) >= 11 is 0. The first-order valence-corrected chi connectivity index (χ1v) is 5.37. The Labute approximate surface area is 91.9 Å². The number of hydrogen-bond donors (Lipinski definition) is 0. The number of carbonyl (C=O) groups excluding carboxylic acids is 1. The van der Waals surface area contributed by atoms with Gasteiger partial charge in [-0.25, -0.2) is 0 Å². The van der Waals surface area contributed by atoms with Crippen molar-refractivity contribution in [1.82, 2.24) is 0 Å². The molecule has 0 atom stereocenters. The van der Waals surface area contributed by atoms with Gasteiger partial charge in [-0.15, -0.1) is 0 Å². The minimum atomic E-state index is 1.20. The number of aryl methyl sites for hydroxylation is 1. The fourth-order valence-electron chi connectivity index (χ4n) is 2.14. The van der Waals surface area contributed by atoms with Crippen LogP contribution >= 0.6 is 0 Å². The normalized spacial score (nSPS) is 14.7. The fraction of sp³-hybridized carbons (Fsp3) is 0.462. The average Bonchev–Trinajstić information content (AvgIpc) is 2.46. The van der Waals surface area contributed by atoms with E-state index in [0.717, 1.165) is 0 Å². The SMILES string of the molecule is C=O.Cc1cccc2c1CCCCN2C. The zero-order chi connectivity index (χ0) is 11.3. The lowest BCUT2D eigenvalue weighted by Gasteiger charge is -2.20. The Bertz CT molecular complexity index is 322. The van der Waals surface area contributed by atoms with Gasteiger partial charge in [0, 0.05) is 19.3 Å². The molecule has 15 heavy (non-hydrogen) atoms. The predicted molar refractivity (Wildman–Crippen MR) is 64.5 cm³/mol. The zero-order valence-electron chi connectivity index (χ0n) is 9.62. The molecule has 2 heteroatoms. The molecule has 0 spiro atoms. The molecule has 0 aliphatic carbocycles. The van der Waals surface area contributed by atoms with Crippen LogP contribution in [-0.2, 0) is 11.2 Å². The molecular weight excluding hydrogens is 186 g/mol. The monoisotopic (exact) mass is 205 g/mol. The fourth-order valence-corrected chi connectivity index (χ4v) is 2.14. The molecular formula is C13H19NO. The van der Waals surface area contributed by atoms with E-state index in [4.69, 9.17) is 4.79 Å². The van der Waals surface area contributed by atoms with Crippen LogP contribution in [0.15, 0.2) is 18.2 Å². The van der Waals surface area contributed by atoms with Crippen molar-refractivity contribution >= 4 is 12.5 Å². The van der Waals surface area contributed by atoms with E-state index in [-0.39, 0.29) is 0 Å². The molecule has 1 aliphatic rings. The Balaban J connectivity index is 0.000000531. The molecule has 0 aromatic heterocycles. The van der Waals surface area contributed by atoms with Crippen LogP contribution in [0.4, 0.5) is 5.69 Å². The van der Waals surface area contributed by atoms with Gasteiger partial charge in [0.15, 0.2) is 0 Å². The van der Waals surface area contributed by atoms with E-state index in [0.29, 0.717) is 0 Å². The zero-order valence-corrected chi connectivity index (χ0v) is 9.62. The van der Waals surface area contributed by atoms with Crippen LogP contribution in [0.1, 0.15) is 24.0 Å². The van der Waals surface area contributed by atoms with Crippen LogP contribution in [0.25, 0.3) is 0 Å². The number of fused-ring (bicyclic) bond motifs is 1. The van der Waals surface area contributed by atoms with Crippen molar-refractivity contribution in [2.75, 3.05) is 18.5 Å². The minimum absolute atomic E-state index is 1.20. The number of benzene rings is 1. The quantitative estimate of drug-likeness (QED) is 0.649. The molecule has 0 bridgehead atoms. The van der Waals surface area contributed by atoms with Crippen LogP contribution in [0.5, 0.6) is 0 Å². The Morgan fingerprint density at radius 2 is 2.00 bits per heavy atom. The third-order valence-corrected chi connectivity index (χ3v) is 2.97. The van der Waals surface area contributed by atoms with E-state index in [1.807, 2.05) is 6.79 Å². The van der Waals surface area contributed by atoms with E-state index in [1.165, 1.54) is 37.1 Å². The van der Waals surface area contributed by atoms with Gasteiger partial charge in [0.05, 0.1) is 0 Å². The lowest BCUT2D eigenvalue weighted by atomic mass is 10.0. The van der Waals surface area contributed by atoms with Crippen molar-refractivity contribution in [2.24, 2.45) is 0 Å². The van der Waals surface area contributed by atoms with Crippen LogP contribution in [-0.4, -0.2) is 20.4 Å². The first kappa shape index (κ1) is 11.8. The molecule has 0 amide bonds. The Morgan fingerprint density at radius 1 is 1.27 bits per heavy atom. The van der Waals surface area contributed by atoms with Gasteiger partial charge in [0.2, 0.25) is 0 Å². The molecule has 0 fully saturated rings. The maximum atomic E-state index is 8.00. The second kappa shape index (κ2) is 5.54. The summed E-state index contributed by atoms with van der Waals surface area (Å²) in [6.45, 7) is 5.43. The van der Waals surface area contributed by atoms with Gasteiger partial charge in [-0.3, -0.25) is 0 Å². The van der Waals surface area contributed by atoms with Gasteiger partial charge in [0.25, 0.3) is 0 Å². The van der Waals surface area contributed by atoms with Gasteiger partial charge in [-0.2, -0.15) is 0 Å². The van der Waals surface area contributed by atoms with Gasteiger partial charge in [0.1, 0.15) is 6.79 Å².